The summed E-state index contributed by atoms with van der Waals surface area (Å²) >= 11 is 0. The maximum absolute atomic E-state index is 13.2. The summed E-state index contributed by atoms with van der Waals surface area (Å²) in [7, 11) is 2.05. The first-order chi connectivity index (χ1) is 9.02. The minimum absolute atomic E-state index is 0.133. The first-order valence-electron chi connectivity index (χ1n) is 7.20. The van der Waals surface area contributed by atoms with Crippen molar-refractivity contribution in [1.29, 1.82) is 0 Å². The van der Waals surface area contributed by atoms with E-state index >= 15 is 0 Å². The molecule has 1 heterocycles. The Balaban J connectivity index is 1.89. The maximum atomic E-state index is 13.2. The van der Waals surface area contributed by atoms with Gasteiger partial charge in [0.1, 0.15) is 5.82 Å². The molecule has 0 saturated carbocycles. The average molecular weight is 264 g/mol. The number of halogens is 1. The van der Waals surface area contributed by atoms with Gasteiger partial charge in [-0.2, -0.15) is 0 Å². The molecule has 2 nitrogen and oxygen atoms in total. The van der Waals surface area contributed by atoms with Gasteiger partial charge in [0.05, 0.1) is 0 Å². The fourth-order valence-electron chi connectivity index (χ4n) is 2.84. The molecule has 0 amide bonds. The van der Waals surface area contributed by atoms with E-state index in [1.54, 1.807) is 12.1 Å². The minimum Gasteiger partial charge on any atom is -0.314 e. The highest BCUT2D eigenvalue weighted by Crippen LogP contribution is 2.23. The molecule has 1 atom stereocenters. The zero-order valence-corrected chi connectivity index (χ0v) is 12.2. The van der Waals surface area contributed by atoms with Crippen LogP contribution in [0.5, 0.6) is 0 Å². The quantitative estimate of drug-likeness (QED) is 0.899. The standard InChI is InChI=1S/C16H25FN2/c1-13(11-14-5-4-6-15(17)12-14)19-9-7-16(2,18-3)8-10-19/h4-6,12-13,18H,7-11H2,1-3H3. The van der Waals surface area contributed by atoms with Gasteiger partial charge in [-0.15, -0.1) is 0 Å². The highest BCUT2D eigenvalue weighted by atomic mass is 19.1. The Labute approximate surface area is 116 Å². The van der Waals surface area contributed by atoms with E-state index in [9.17, 15) is 4.39 Å². The SMILES string of the molecule is CNC1(C)CCN(C(C)Cc2cccc(F)c2)CC1. The average Bonchev–Trinajstić information content (AvgIpc) is 2.39. The molecular formula is C16H25FN2. The lowest BCUT2D eigenvalue weighted by Gasteiger charge is -2.41. The van der Waals surface area contributed by atoms with Crippen molar-refractivity contribution in [3.63, 3.8) is 0 Å². The van der Waals surface area contributed by atoms with E-state index in [2.05, 4.69) is 24.1 Å². The number of likely N-dealkylation sites (tertiary alicyclic amines) is 1. The van der Waals surface area contributed by atoms with E-state index in [1.165, 1.54) is 18.9 Å². The predicted molar refractivity (Wildman–Crippen MR) is 77.8 cm³/mol. The van der Waals surface area contributed by atoms with Crippen LogP contribution in [-0.2, 0) is 6.42 Å². The third-order valence-electron chi connectivity index (χ3n) is 4.55. The summed E-state index contributed by atoms with van der Waals surface area (Å²) in [5, 5.41) is 3.42. The monoisotopic (exact) mass is 264 g/mol. The van der Waals surface area contributed by atoms with E-state index in [0.717, 1.165) is 25.1 Å². The van der Waals surface area contributed by atoms with Crippen LogP contribution in [0.25, 0.3) is 0 Å². The van der Waals surface area contributed by atoms with Gasteiger partial charge in [-0.1, -0.05) is 12.1 Å². The van der Waals surface area contributed by atoms with Gasteiger partial charge in [-0.05, 0) is 57.9 Å². The first-order valence-corrected chi connectivity index (χ1v) is 7.20. The molecule has 0 bridgehead atoms. The zero-order valence-electron chi connectivity index (χ0n) is 12.2. The van der Waals surface area contributed by atoms with E-state index in [-0.39, 0.29) is 11.4 Å². The van der Waals surface area contributed by atoms with Crippen molar-refractivity contribution < 1.29 is 4.39 Å². The lowest BCUT2D eigenvalue weighted by Crippen LogP contribution is -2.52. The molecular weight excluding hydrogens is 239 g/mol. The molecule has 1 aromatic rings. The van der Waals surface area contributed by atoms with Crippen LogP contribution < -0.4 is 5.32 Å². The molecule has 1 aliphatic rings. The molecule has 1 saturated heterocycles. The number of nitrogens with zero attached hydrogens (tertiary/aromatic N) is 1. The normalized spacial score (nSPS) is 21.3. The highest BCUT2D eigenvalue weighted by molar-refractivity contribution is 5.17. The smallest absolute Gasteiger partial charge is 0.123 e. The largest absolute Gasteiger partial charge is 0.314 e. The van der Waals surface area contributed by atoms with Crippen LogP contribution >= 0.6 is 0 Å². The highest BCUT2D eigenvalue weighted by Gasteiger charge is 2.29. The Morgan fingerprint density at radius 2 is 2.05 bits per heavy atom. The Morgan fingerprint density at radius 3 is 2.63 bits per heavy atom. The van der Waals surface area contributed by atoms with Crippen molar-refractivity contribution in [3.05, 3.63) is 35.6 Å². The molecule has 0 radical (unpaired) electrons. The summed E-state index contributed by atoms with van der Waals surface area (Å²) < 4.78 is 13.2. The maximum Gasteiger partial charge on any atom is 0.123 e. The van der Waals surface area contributed by atoms with E-state index in [0.29, 0.717) is 6.04 Å². The second-order valence-corrected chi connectivity index (χ2v) is 6.03. The van der Waals surface area contributed by atoms with Gasteiger partial charge >= 0.3 is 0 Å². The molecule has 1 unspecified atom stereocenters. The number of nitrogens with one attached hydrogen (secondary N) is 1. The molecule has 0 aliphatic carbocycles. The van der Waals surface area contributed by atoms with Crippen molar-refractivity contribution in [1.82, 2.24) is 10.2 Å². The third kappa shape index (κ3) is 3.77. The lowest BCUT2D eigenvalue weighted by molar-refractivity contribution is 0.117. The van der Waals surface area contributed by atoms with Gasteiger partial charge in [-0.3, -0.25) is 0 Å². The molecule has 1 aliphatic heterocycles. The van der Waals surface area contributed by atoms with Gasteiger partial charge < -0.3 is 10.2 Å². The Morgan fingerprint density at radius 1 is 1.37 bits per heavy atom. The van der Waals surface area contributed by atoms with Gasteiger partial charge in [0.15, 0.2) is 0 Å². The second kappa shape index (κ2) is 6.02. The topological polar surface area (TPSA) is 15.3 Å². The fraction of sp³-hybridized carbons (Fsp3) is 0.625. The van der Waals surface area contributed by atoms with Gasteiger partial charge in [0.2, 0.25) is 0 Å². The van der Waals surface area contributed by atoms with Crippen molar-refractivity contribution >= 4 is 0 Å². The van der Waals surface area contributed by atoms with E-state index in [1.807, 2.05) is 13.1 Å². The Hall–Kier alpha value is -0.930. The molecule has 19 heavy (non-hydrogen) atoms. The van der Waals surface area contributed by atoms with Crippen LogP contribution in [0, 0.1) is 5.82 Å². The summed E-state index contributed by atoms with van der Waals surface area (Å²) in [6.45, 7) is 6.77. The summed E-state index contributed by atoms with van der Waals surface area (Å²) in [6.07, 6.45) is 3.28. The van der Waals surface area contributed by atoms with Crippen molar-refractivity contribution in [3.8, 4) is 0 Å². The number of piperidine rings is 1. The Bertz CT molecular complexity index is 411. The molecule has 0 aromatic heterocycles. The van der Waals surface area contributed by atoms with Crippen LogP contribution in [-0.4, -0.2) is 36.6 Å². The Kier molecular flexibility index (Phi) is 4.58. The van der Waals surface area contributed by atoms with E-state index in [4.69, 9.17) is 0 Å². The van der Waals surface area contributed by atoms with Crippen LogP contribution in [0.1, 0.15) is 32.3 Å². The minimum atomic E-state index is -0.133. The fourth-order valence-corrected chi connectivity index (χ4v) is 2.84. The van der Waals surface area contributed by atoms with E-state index < -0.39 is 0 Å². The van der Waals surface area contributed by atoms with Crippen LogP contribution in [0.3, 0.4) is 0 Å². The van der Waals surface area contributed by atoms with Crippen LogP contribution in [0.2, 0.25) is 0 Å². The van der Waals surface area contributed by atoms with Crippen LogP contribution in [0.4, 0.5) is 4.39 Å². The lowest BCUT2D eigenvalue weighted by atomic mass is 9.89. The molecule has 1 aromatic carbocycles. The molecule has 0 spiro atoms. The summed E-state index contributed by atoms with van der Waals surface area (Å²) in [6, 6.07) is 7.45. The molecule has 3 heteroatoms. The molecule has 1 N–H and O–H groups in total. The molecule has 106 valence electrons. The predicted octanol–water partition coefficient (Wildman–Crippen LogP) is 2.83. The number of hydrogen-bond acceptors (Lipinski definition) is 2. The number of benzene rings is 1. The second-order valence-electron chi connectivity index (χ2n) is 6.03. The van der Waals surface area contributed by atoms with Gasteiger partial charge in [-0.25, -0.2) is 4.39 Å². The van der Waals surface area contributed by atoms with Crippen molar-refractivity contribution in [2.75, 3.05) is 20.1 Å². The first kappa shape index (κ1) is 14.5. The number of rotatable bonds is 4. The third-order valence-corrected chi connectivity index (χ3v) is 4.55. The van der Waals surface area contributed by atoms with Crippen LogP contribution in [0.15, 0.2) is 24.3 Å². The van der Waals surface area contributed by atoms with Gasteiger partial charge in [0.25, 0.3) is 0 Å². The molecule has 1 fully saturated rings. The summed E-state index contributed by atoms with van der Waals surface area (Å²) in [4.78, 5) is 2.52. The zero-order chi connectivity index (χ0) is 13.9. The molecule has 2 rings (SSSR count). The van der Waals surface area contributed by atoms with Gasteiger partial charge in [0, 0.05) is 24.7 Å². The summed E-state index contributed by atoms with van der Waals surface area (Å²) in [5.74, 6) is -0.133. The van der Waals surface area contributed by atoms with Crippen molar-refractivity contribution in [2.45, 2.75) is 44.7 Å². The van der Waals surface area contributed by atoms with Crippen molar-refractivity contribution in [2.24, 2.45) is 0 Å². The number of hydrogen-bond donors (Lipinski definition) is 1. The summed E-state index contributed by atoms with van der Waals surface area (Å²) in [5.41, 5.74) is 1.38.